The van der Waals surface area contributed by atoms with E-state index in [9.17, 15) is 0 Å². The second kappa shape index (κ2) is 8.43. The van der Waals surface area contributed by atoms with Crippen LogP contribution in [0.3, 0.4) is 0 Å². The smallest absolute Gasteiger partial charge is 0.00674 e. The van der Waals surface area contributed by atoms with Gasteiger partial charge in [-0.3, -0.25) is 0 Å². The van der Waals surface area contributed by atoms with Crippen LogP contribution < -0.4 is 0 Å². The van der Waals surface area contributed by atoms with Crippen molar-refractivity contribution in [2.75, 3.05) is 16.8 Å². The third-order valence-corrected chi connectivity index (χ3v) is 4.14. The molecule has 0 N–H and O–H groups in total. The summed E-state index contributed by atoms with van der Waals surface area (Å²) in [6.45, 7) is 6.86. The zero-order valence-electron chi connectivity index (χ0n) is 8.48. The van der Waals surface area contributed by atoms with Crippen LogP contribution in [0, 0.1) is 11.8 Å². The molecule has 0 aromatic heterocycles. The molecule has 0 spiro atoms. The molecule has 0 nitrogen and oxygen atoms in total. The number of rotatable bonds is 7. The van der Waals surface area contributed by atoms with Crippen molar-refractivity contribution in [3.05, 3.63) is 0 Å². The predicted octanol–water partition coefficient (Wildman–Crippen LogP) is 4.19. The molecule has 0 aromatic carbocycles. The lowest BCUT2D eigenvalue weighted by Crippen LogP contribution is -2.04. The first-order chi connectivity index (χ1) is 5.70. The molecule has 0 saturated heterocycles. The number of alkyl halides is 1. The Hall–Kier alpha value is 0.830. The fraction of sp³-hybridized carbons (Fsp3) is 1.00. The van der Waals surface area contributed by atoms with Crippen molar-refractivity contribution >= 4 is 27.7 Å². The Morgan fingerprint density at radius 3 is 2.42 bits per heavy atom. The minimum absolute atomic E-state index is 0.863. The van der Waals surface area contributed by atoms with Crippen LogP contribution >= 0.6 is 27.7 Å². The molecule has 74 valence electrons. The molecule has 0 bridgehead atoms. The van der Waals surface area contributed by atoms with E-state index in [1.807, 2.05) is 0 Å². The lowest BCUT2D eigenvalue weighted by atomic mass is 10.2. The Morgan fingerprint density at radius 2 is 2.00 bits per heavy atom. The molecule has 0 aliphatic carbocycles. The molecule has 0 fully saturated rings. The Labute approximate surface area is 90.0 Å². The van der Waals surface area contributed by atoms with Crippen molar-refractivity contribution in [1.29, 1.82) is 0 Å². The van der Waals surface area contributed by atoms with Crippen LogP contribution in [0.5, 0.6) is 0 Å². The van der Waals surface area contributed by atoms with E-state index < -0.39 is 0 Å². The Morgan fingerprint density at radius 1 is 1.33 bits per heavy atom. The van der Waals surface area contributed by atoms with Gasteiger partial charge in [0.2, 0.25) is 0 Å². The number of hydrogen-bond acceptors (Lipinski definition) is 1. The monoisotopic (exact) mass is 252 g/mol. The highest BCUT2D eigenvalue weighted by atomic mass is 79.9. The van der Waals surface area contributed by atoms with Crippen LogP contribution in [0.15, 0.2) is 0 Å². The number of halogens is 1. The van der Waals surface area contributed by atoms with Gasteiger partial charge in [-0.1, -0.05) is 43.1 Å². The van der Waals surface area contributed by atoms with Crippen molar-refractivity contribution < 1.29 is 0 Å². The average Bonchev–Trinajstić information content (AvgIpc) is 2.04. The first kappa shape index (κ1) is 12.8. The Bertz CT molecular complexity index is 89.8. The predicted molar refractivity (Wildman–Crippen MR) is 64.4 cm³/mol. The van der Waals surface area contributed by atoms with E-state index in [1.54, 1.807) is 0 Å². The zero-order valence-corrected chi connectivity index (χ0v) is 10.9. The second-order valence-corrected chi connectivity index (χ2v) is 5.48. The van der Waals surface area contributed by atoms with Crippen molar-refractivity contribution in [2.24, 2.45) is 11.8 Å². The summed E-state index contributed by atoms with van der Waals surface area (Å²) in [6, 6.07) is 0. The second-order valence-electron chi connectivity index (χ2n) is 3.69. The fourth-order valence-electron chi connectivity index (χ4n) is 0.841. The van der Waals surface area contributed by atoms with Gasteiger partial charge in [-0.05, 0) is 29.8 Å². The van der Waals surface area contributed by atoms with Gasteiger partial charge in [0.1, 0.15) is 0 Å². The van der Waals surface area contributed by atoms with Crippen molar-refractivity contribution in [1.82, 2.24) is 0 Å². The van der Waals surface area contributed by atoms with E-state index in [0.29, 0.717) is 0 Å². The van der Waals surface area contributed by atoms with E-state index in [1.165, 1.54) is 24.3 Å². The van der Waals surface area contributed by atoms with Crippen LogP contribution in [0.1, 0.15) is 33.6 Å². The van der Waals surface area contributed by atoms with Crippen LogP contribution in [0.4, 0.5) is 0 Å². The molecule has 1 atom stereocenters. The first-order valence-corrected chi connectivity index (χ1v) is 7.12. The first-order valence-electron chi connectivity index (χ1n) is 4.84. The summed E-state index contributed by atoms with van der Waals surface area (Å²) in [5.41, 5.74) is 0. The van der Waals surface area contributed by atoms with Gasteiger partial charge < -0.3 is 0 Å². The van der Waals surface area contributed by atoms with Gasteiger partial charge in [0, 0.05) is 5.33 Å². The van der Waals surface area contributed by atoms with Crippen LogP contribution in [0.25, 0.3) is 0 Å². The van der Waals surface area contributed by atoms with E-state index in [0.717, 1.165) is 17.2 Å². The lowest BCUT2D eigenvalue weighted by molar-refractivity contribution is 0.627. The van der Waals surface area contributed by atoms with E-state index in [2.05, 4.69) is 48.5 Å². The molecular weight excluding hydrogens is 232 g/mol. The van der Waals surface area contributed by atoms with Gasteiger partial charge in [-0.15, -0.1) is 0 Å². The number of hydrogen-bond donors (Lipinski definition) is 0. The molecule has 0 radical (unpaired) electrons. The van der Waals surface area contributed by atoms with Crippen LogP contribution in [0.2, 0.25) is 0 Å². The lowest BCUT2D eigenvalue weighted by Gasteiger charge is -2.10. The summed E-state index contributed by atoms with van der Waals surface area (Å²) in [5.74, 6) is 4.40. The van der Waals surface area contributed by atoms with Crippen LogP contribution in [-0.4, -0.2) is 16.8 Å². The Kier molecular flexibility index (Phi) is 9.01. The third kappa shape index (κ3) is 7.48. The molecule has 0 rings (SSSR count). The maximum atomic E-state index is 3.54. The fourth-order valence-corrected chi connectivity index (χ4v) is 3.32. The summed E-state index contributed by atoms with van der Waals surface area (Å²) >= 11 is 5.65. The van der Waals surface area contributed by atoms with Gasteiger partial charge in [-0.25, -0.2) is 0 Å². The molecule has 0 amide bonds. The minimum atomic E-state index is 0.863. The standard InChI is InChI=1S/C10H21BrS/c1-4-10(7-11)8-12-6-5-9(2)3/h9-10H,4-8H2,1-3H3. The minimum Gasteiger partial charge on any atom is -0.162 e. The summed E-state index contributed by atoms with van der Waals surface area (Å²) < 4.78 is 0. The molecule has 12 heavy (non-hydrogen) atoms. The summed E-state index contributed by atoms with van der Waals surface area (Å²) in [5, 5.41) is 1.16. The van der Waals surface area contributed by atoms with Gasteiger partial charge >= 0.3 is 0 Å². The van der Waals surface area contributed by atoms with Crippen molar-refractivity contribution in [2.45, 2.75) is 33.6 Å². The largest absolute Gasteiger partial charge is 0.162 e. The normalized spacial score (nSPS) is 13.8. The van der Waals surface area contributed by atoms with Gasteiger partial charge in [0.05, 0.1) is 0 Å². The van der Waals surface area contributed by atoms with Gasteiger partial charge in [0.15, 0.2) is 0 Å². The molecule has 0 heterocycles. The van der Waals surface area contributed by atoms with Crippen molar-refractivity contribution in [3.8, 4) is 0 Å². The zero-order chi connectivity index (χ0) is 9.40. The highest BCUT2D eigenvalue weighted by Crippen LogP contribution is 2.16. The van der Waals surface area contributed by atoms with Crippen LogP contribution in [-0.2, 0) is 0 Å². The van der Waals surface area contributed by atoms with E-state index >= 15 is 0 Å². The maximum Gasteiger partial charge on any atom is 0.00674 e. The van der Waals surface area contributed by atoms with E-state index in [4.69, 9.17) is 0 Å². The quantitative estimate of drug-likeness (QED) is 0.484. The topological polar surface area (TPSA) is 0 Å². The van der Waals surface area contributed by atoms with Crippen molar-refractivity contribution in [3.63, 3.8) is 0 Å². The molecule has 0 aromatic rings. The summed E-state index contributed by atoms with van der Waals surface area (Å²) in [6.07, 6.45) is 2.67. The molecule has 0 saturated carbocycles. The highest BCUT2D eigenvalue weighted by Gasteiger charge is 2.03. The maximum absolute atomic E-state index is 3.54. The van der Waals surface area contributed by atoms with E-state index in [-0.39, 0.29) is 0 Å². The summed E-state index contributed by atoms with van der Waals surface area (Å²) in [7, 11) is 0. The average molecular weight is 253 g/mol. The summed E-state index contributed by atoms with van der Waals surface area (Å²) in [4.78, 5) is 0. The molecule has 2 heteroatoms. The Balaban J connectivity index is 3.17. The third-order valence-electron chi connectivity index (χ3n) is 1.99. The highest BCUT2D eigenvalue weighted by molar-refractivity contribution is 9.09. The molecule has 0 aliphatic rings. The van der Waals surface area contributed by atoms with Gasteiger partial charge in [-0.2, -0.15) is 11.8 Å². The molecular formula is C10H21BrS. The van der Waals surface area contributed by atoms with Gasteiger partial charge in [0.25, 0.3) is 0 Å². The number of thioether (sulfide) groups is 1. The molecule has 0 aliphatic heterocycles. The SMILES string of the molecule is CCC(CBr)CSCCC(C)C. The molecule has 1 unspecified atom stereocenters.